The molecule has 0 fully saturated rings. The van der Waals surface area contributed by atoms with Crippen LogP contribution in [-0.4, -0.2) is 0 Å². The van der Waals surface area contributed by atoms with Crippen LogP contribution in [0.25, 0.3) is 97.4 Å². The first-order valence-electron chi connectivity index (χ1n) is 19.6. The number of para-hydroxylation sites is 1. The molecule has 0 saturated carbocycles. The van der Waals surface area contributed by atoms with Crippen LogP contribution in [0, 0.1) is 0 Å². The van der Waals surface area contributed by atoms with Crippen molar-refractivity contribution in [3.8, 4) is 33.4 Å². The predicted octanol–water partition coefficient (Wildman–Crippen LogP) is 16.3. The van der Waals surface area contributed by atoms with E-state index in [1.54, 1.807) is 0 Å². The van der Waals surface area contributed by atoms with Gasteiger partial charge in [0.1, 0.15) is 22.3 Å². The number of furan rings is 2. The summed E-state index contributed by atoms with van der Waals surface area (Å²) >= 11 is 1.84. The Morgan fingerprint density at radius 2 is 0.914 bits per heavy atom. The van der Waals surface area contributed by atoms with Crippen LogP contribution in [0.2, 0.25) is 0 Å². The Bertz CT molecular complexity index is 3510. The molecule has 0 radical (unpaired) electrons. The highest BCUT2D eigenvalue weighted by Crippen LogP contribution is 2.51. The van der Waals surface area contributed by atoms with E-state index in [4.69, 9.17) is 8.83 Å². The summed E-state index contributed by atoms with van der Waals surface area (Å²) < 4.78 is 16.2. The molecule has 0 amide bonds. The molecule has 3 nitrogen and oxygen atoms in total. The number of hydrogen-bond acceptors (Lipinski definition) is 4. The standard InChI is InChI=1S/C54H33NO2S/c1-4-15-34(16-5-1)38-28-29-39(35-17-6-2-7-18-35)52-50(38)44-33-37(27-32-48(44)57-52)55(46-24-14-23-42-41-21-11-13-26-49(41)58-54(42)46)45-31-30-40(36-19-8-3-9-20-36)53-51(45)43-22-10-12-25-47(43)56-53/h1-33H. The summed E-state index contributed by atoms with van der Waals surface area (Å²) in [5, 5.41) is 6.82. The van der Waals surface area contributed by atoms with Crippen LogP contribution in [0.5, 0.6) is 0 Å². The number of fused-ring (bicyclic) bond motifs is 9. The molecule has 0 aliphatic heterocycles. The Hall–Kier alpha value is -7.40. The average Bonchev–Trinajstić information content (AvgIpc) is 4.00. The number of thiophene rings is 1. The maximum Gasteiger partial charge on any atom is 0.145 e. The summed E-state index contributed by atoms with van der Waals surface area (Å²) in [5.41, 5.74) is 13.3. The molecule has 12 rings (SSSR count). The second-order valence-electron chi connectivity index (χ2n) is 14.8. The van der Waals surface area contributed by atoms with E-state index in [1.807, 2.05) is 17.4 Å². The minimum Gasteiger partial charge on any atom is -0.455 e. The molecule has 0 unspecified atom stereocenters. The van der Waals surface area contributed by atoms with Gasteiger partial charge in [0, 0.05) is 48.4 Å². The smallest absolute Gasteiger partial charge is 0.145 e. The lowest BCUT2D eigenvalue weighted by atomic mass is 9.94. The zero-order valence-electron chi connectivity index (χ0n) is 31.2. The Morgan fingerprint density at radius 1 is 0.362 bits per heavy atom. The lowest BCUT2D eigenvalue weighted by Crippen LogP contribution is -2.10. The van der Waals surface area contributed by atoms with Gasteiger partial charge in [-0.05, 0) is 76.9 Å². The van der Waals surface area contributed by atoms with Gasteiger partial charge in [0.2, 0.25) is 0 Å². The van der Waals surface area contributed by atoms with Gasteiger partial charge in [-0.1, -0.05) is 146 Å². The third kappa shape index (κ3) is 5.05. The number of benzene rings is 9. The summed E-state index contributed by atoms with van der Waals surface area (Å²) in [6, 6.07) is 71.2. The Kier molecular flexibility index (Phi) is 7.40. The number of rotatable bonds is 6. The molecule has 0 saturated heterocycles. The lowest BCUT2D eigenvalue weighted by Gasteiger charge is -2.27. The summed E-state index contributed by atoms with van der Waals surface area (Å²) in [4.78, 5) is 2.44. The van der Waals surface area contributed by atoms with Gasteiger partial charge in [0.05, 0.1) is 21.5 Å². The van der Waals surface area contributed by atoms with Crippen molar-refractivity contribution in [2.45, 2.75) is 0 Å². The highest BCUT2D eigenvalue weighted by Gasteiger charge is 2.26. The topological polar surface area (TPSA) is 29.5 Å². The van der Waals surface area contributed by atoms with Crippen molar-refractivity contribution >= 4 is 92.4 Å². The normalized spacial score (nSPS) is 11.8. The van der Waals surface area contributed by atoms with Crippen LogP contribution < -0.4 is 4.90 Å². The molecule has 0 aliphatic rings. The van der Waals surface area contributed by atoms with Crippen molar-refractivity contribution in [2.24, 2.45) is 0 Å². The highest BCUT2D eigenvalue weighted by atomic mass is 32.1. The summed E-state index contributed by atoms with van der Waals surface area (Å²) in [6.45, 7) is 0. The molecule has 0 aliphatic carbocycles. The highest BCUT2D eigenvalue weighted by molar-refractivity contribution is 7.26. The predicted molar refractivity (Wildman–Crippen MR) is 245 cm³/mol. The monoisotopic (exact) mass is 759 g/mol. The van der Waals surface area contributed by atoms with Gasteiger partial charge in [-0.25, -0.2) is 0 Å². The third-order valence-electron chi connectivity index (χ3n) is 11.5. The SMILES string of the molecule is c1ccc(-c2ccc(-c3ccccc3)c3c2oc2ccc(N(c4cccc5c4sc4ccccc45)c4ccc(-c5ccccc5)c5oc6ccccc6c45)cc23)cc1. The van der Waals surface area contributed by atoms with E-state index in [-0.39, 0.29) is 0 Å². The van der Waals surface area contributed by atoms with Crippen LogP contribution in [0.4, 0.5) is 17.1 Å². The zero-order chi connectivity index (χ0) is 38.2. The Morgan fingerprint density at radius 3 is 1.64 bits per heavy atom. The summed E-state index contributed by atoms with van der Waals surface area (Å²) in [7, 11) is 0. The molecular formula is C54H33NO2S. The second-order valence-corrected chi connectivity index (χ2v) is 15.8. The lowest BCUT2D eigenvalue weighted by molar-refractivity contribution is 0.669. The van der Waals surface area contributed by atoms with Gasteiger partial charge >= 0.3 is 0 Å². The summed E-state index contributed by atoms with van der Waals surface area (Å²) in [5.74, 6) is 0. The van der Waals surface area contributed by atoms with Crippen molar-refractivity contribution in [2.75, 3.05) is 4.90 Å². The fourth-order valence-electron chi connectivity index (χ4n) is 8.87. The van der Waals surface area contributed by atoms with Gasteiger partial charge in [-0.15, -0.1) is 11.3 Å². The molecule has 0 N–H and O–H groups in total. The number of anilines is 3. The molecule has 58 heavy (non-hydrogen) atoms. The van der Waals surface area contributed by atoms with Gasteiger partial charge in [0.25, 0.3) is 0 Å². The molecule has 3 heterocycles. The van der Waals surface area contributed by atoms with E-state index in [0.29, 0.717) is 0 Å². The summed E-state index contributed by atoms with van der Waals surface area (Å²) in [6.07, 6.45) is 0. The van der Waals surface area contributed by atoms with Gasteiger partial charge in [0.15, 0.2) is 0 Å². The molecule has 9 aromatic carbocycles. The van der Waals surface area contributed by atoms with Crippen molar-refractivity contribution in [1.82, 2.24) is 0 Å². The van der Waals surface area contributed by atoms with Crippen molar-refractivity contribution in [3.05, 3.63) is 200 Å². The van der Waals surface area contributed by atoms with Gasteiger partial charge in [-0.3, -0.25) is 0 Å². The van der Waals surface area contributed by atoms with Crippen LogP contribution >= 0.6 is 11.3 Å². The number of nitrogens with zero attached hydrogens (tertiary/aromatic N) is 1. The van der Waals surface area contributed by atoms with E-state index < -0.39 is 0 Å². The molecule has 0 spiro atoms. The Balaban J connectivity index is 1.19. The van der Waals surface area contributed by atoms with E-state index in [9.17, 15) is 0 Å². The molecule has 272 valence electrons. The van der Waals surface area contributed by atoms with Crippen molar-refractivity contribution < 1.29 is 8.83 Å². The Labute approximate surface area is 338 Å². The first-order chi connectivity index (χ1) is 28.8. The first-order valence-corrected chi connectivity index (χ1v) is 20.4. The van der Waals surface area contributed by atoms with Crippen LogP contribution in [0.3, 0.4) is 0 Å². The minimum absolute atomic E-state index is 0.845. The van der Waals surface area contributed by atoms with Crippen LogP contribution in [0.15, 0.2) is 209 Å². The molecule has 0 atom stereocenters. The maximum absolute atomic E-state index is 6.91. The van der Waals surface area contributed by atoms with Gasteiger partial charge in [-0.2, -0.15) is 0 Å². The van der Waals surface area contributed by atoms with Crippen molar-refractivity contribution in [3.63, 3.8) is 0 Å². The fraction of sp³-hybridized carbons (Fsp3) is 0. The number of hydrogen-bond donors (Lipinski definition) is 0. The van der Waals surface area contributed by atoms with Gasteiger partial charge < -0.3 is 13.7 Å². The van der Waals surface area contributed by atoms with Crippen LogP contribution in [0.1, 0.15) is 0 Å². The van der Waals surface area contributed by atoms with Crippen molar-refractivity contribution in [1.29, 1.82) is 0 Å². The quantitative estimate of drug-likeness (QED) is 0.169. The largest absolute Gasteiger partial charge is 0.455 e. The zero-order valence-corrected chi connectivity index (χ0v) is 32.0. The second kappa shape index (κ2) is 13.1. The van der Waals surface area contributed by atoms with E-state index in [2.05, 4.69) is 199 Å². The molecule has 4 heteroatoms. The van der Waals surface area contributed by atoms with E-state index >= 15 is 0 Å². The van der Waals surface area contributed by atoms with Crippen LogP contribution in [-0.2, 0) is 0 Å². The molecule has 0 bridgehead atoms. The first kappa shape index (κ1) is 32.8. The third-order valence-corrected chi connectivity index (χ3v) is 12.7. The van der Waals surface area contributed by atoms with E-state index in [0.717, 1.165) is 94.3 Å². The average molecular weight is 760 g/mol. The fourth-order valence-corrected chi connectivity index (χ4v) is 10.1. The molecule has 3 aromatic heterocycles. The maximum atomic E-state index is 6.91. The van der Waals surface area contributed by atoms with E-state index in [1.165, 1.54) is 20.2 Å². The molecular weight excluding hydrogens is 727 g/mol. The molecule has 12 aromatic rings. The minimum atomic E-state index is 0.845.